The number of aryl methyl sites for hydroxylation is 1. The molecule has 70 valence electrons. The summed E-state index contributed by atoms with van der Waals surface area (Å²) in [6, 6.07) is 2.06. The fraction of sp³-hybridized carbons (Fsp3) is 0.100. The van der Waals surface area contributed by atoms with E-state index in [1.807, 2.05) is 6.20 Å². The lowest BCUT2D eigenvalue weighted by atomic mass is 10.3. The van der Waals surface area contributed by atoms with Gasteiger partial charge in [0, 0.05) is 10.7 Å². The van der Waals surface area contributed by atoms with E-state index in [0.29, 0.717) is 0 Å². The number of rotatable bonds is 0. The minimum absolute atomic E-state index is 1.01. The van der Waals surface area contributed by atoms with Crippen molar-refractivity contribution in [2.75, 3.05) is 0 Å². The number of hydrogen-bond acceptors (Lipinski definition) is 2. The number of hydrogen-bond donors (Lipinski definition) is 1. The number of fused-ring (bicyclic) bond motifs is 3. The molecule has 0 aliphatic carbocycles. The zero-order valence-electron chi connectivity index (χ0n) is 7.47. The Balaban J connectivity index is 2.56. The Kier molecular flexibility index (Phi) is 1.69. The first-order valence-corrected chi connectivity index (χ1v) is 5.94. The zero-order valence-corrected chi connectivity index (χ0v) is 9.87. The van der Waals surface area contributed by atoms with Gasteiger partial charge in [-0.3, -0.25) is 4.98 Å². The lowest BCUT2D eigenvalue weighted by Gasteiger charge is -1.89. The van der Waals surface area contributed by atoms with Crippen LogP contribution in [-0.2, 0) is 0 Å². The maximum atomic E-state index is 4.41. The molecule has 0 aromatic carbocycles. The van der Waals surface area contributed by atoms with Crippen molar-refractivity contribution < 1.29 is 0 Å². The van der Waals surface area contributed by atoms with Gasteiger partial charge in [0.05, 0.1) is 15.7 Å². The van der Waals surface area contributed by atoms with Crippen molar-refractivity contribution in [1.82, 2.24) is 9.97 Å². The summed E-state index contributed by atoms with van der Waals surface area (Å²) in [7, 11) is 0. The predicted octanol–water partition coefficient (Wildman–Crippen LogP) is 3.85. The standard InChI is InChI=1S/C10H7BrN2S/c1-5-4-14-10-8(5)13-7-2-6(11)3-12-9(7)10/h2-4,13H,1H3. The van der Waals surface area contributed by atoms with E-state index >= 15 is 0 Å². The molecule has 4 heteroatoms. The number of aromatic nitrogens is 2. The number of aromatic amines is 1. The van der Waals surface area contributed by atoms with Crippen LogP contribution in [0.3, 0.4) is 0 Å². The molecule has 0 amide bonds. The number of nitrogens with one attached hydrogen (secondary N) is 1. The summed E-state index contributed by atoms with van der Waals surface area (Å²) in [5.41, 5.74) is 4.68. The highest BCUT2D eigenvalue weighted by Gasteiger charge is 2.09. The normalized spacial score (nSPS) is 11.6. The Hall–Kier alpha value is -0.870. The smallest absolute Gasteiger partial charge is 0.106 e. The van der Waals surface area contributed by atoms with E-state index in [9.17, 15) is 0 Å². The Bertz CT molecular complexity index is 623. The molecule has 3 aromatic rings. The van der Waals surface area contributed by atoms with E-state index in [1.165, 1.54) is 15.8 Å². The lowest BCUT2D eigenvalue weighted by Crippen LogP contribution is -1.73. The van der Waals surface area contributed by atoms with Crippen molar-refractivity contribution in [2.24, 2.45) is 0 Å². The maximum absolute atomic E-state index is 4.41. The van der Waals surface area contributed by atoms with Gasteiger partial charge in [-0.25, -0.2) is 0 Å². The summed E-state index contributed by atoms with van der Waals surface area (Å²) in [5, 5.41) is 2.16. The van der Waals surface area contributed by atoms with Gasteiger partial charge in [-0.2, -0.15) is 0 Å². The first-order valence-electron chi connectivity index (χ1n) is 4.27. The third-order valence-electron chi connectivity index (χ3n) is 2.30. The second kappa shape index (κ2) is 2.81. The van der Waals surface area contributed by atoms with Crippen LogP contribution >= 0.6 is 27.3 Å². The summed E-state index contributed by atoms with van der Waals surface area (Å²) < 4.78 is 2.27. The predicted molar refractivity (Wildman–Crippen MR) is 63.9 cm³/mol. The molecule has 0 atom stereocenters. The molecule has 0 saturated carbocycles. The van der Waals surface area contributed by atoms with Crippen molar-refractivity contribution in [3.8, 4) is 0 Å². The molecular formula is C10H7BrN2S. The molecule has 3 heterocycles. The number of thiophene rings is 1. The molecule has 0 aliphatic heterocycles. The second-order valence-corrected chi connectivity index (χ2v) is 5.09. The quantitative estimate of drug-likeness (QED) is 0.658. The third kappa shape index (κ3) is 1.04. The fourth-order valence-corrected chi connectivity index (χ4v) is 2.97. The van der Waals surface area contributed by atoms with Gasteiger partial charge in [0.1, 0.15) is 5.52 Å². The molecule has 1 N–H and O–H groups in total. The molecule has 0 aliphatic rings. The molecule has 0 radical (unpaired) electrons. The summed E-state index contributed by atoms with van der Waals surface area (Å²) >= 11 is 5.16. The van der Waals surface area contributed by atoms with Gasteiger partial charge < -0.3 is 4.98 Å². The summed E-state index contributed by atoms with van der Waals surface area (Å²) in [4.78, 5) is 7.80. The number of pyridine rings is 1. The molecule has 3 rings (SSSR count). The van der Waals surface area contributed by atoms with Crippen molar-refractivity contribution in [3.63, 3.8) is 0 Å². The summed E-state index contributed by atoms with van der Waals surface area (Å²) in [6.45, 7) is 2.11. The molecule has 0 unspecified atom stereocenters. The highest BCUT2D eigenvalue weighted by molar-refractivity contribution is 9.10. The average Bonchev–Trinajstić information content (AvgIpc) is 2.66. The maximum Gasteiger partial charge on any atom is 0.106 e. The van der Waals surface area contributed by atoms with Gasteiger partial charge in [-0.15, -0.1) is 11.3 Å². The van der Waals surface area contributed by atoms with Crippen LogP contribution in [0.5, 0.6) is 0 Å². The van der Waals surface area contributed by atoms with E-state index in [1.54, 1.807) is 11.3 Å². The van der Waals surface area contributed by atoms with Gasteiger partial charge in [-0.05, 0) is 39.9 Å². The Morgan fingerprint density at radius 2 is 2.36 bits per heavy atom. The van der Waals surface area contributed by atoms with Crippen molar-refractivity contribution in [2.45, 2.75) is 6.92 Å². The van der Waals surface area contributed by atoms with Gasteiger partial charge in [0.15, 0.2) is 0 Å². The zero-order chi connectivity index (χ0) is 9.71. The SMILES string of the molecule is Cc1csc2c1[nH]c1cc(Br)cnc12. The Morgan fingerprint density at radius 1 is 1.50 bits per heavy atom. The van der Waals surface area contributed by atoms with Gasteiger partial charge in [0.25, 0.3) is 0 Å². The van der Waals surface area contributed by atoms with Crippen molar-refractivity contribution >= 4 is 48.5 Å². The van der Waals surface area contributed by atoms with Gasteiger partial charge in [0.2, 0.25) is 0 Å². The van der Waals surface area contributed by atoms with Crippen LogP contribution in [0.1, 0.15) is 5.56 Å². The van der Waals surface area contributed by atoms with E-state index in [2.05, 4.69) is 44.3 Å². The van der Waals surface area contributed by atoms with E-state index in [0.717, 1.165) is 15.5 Å². The molecule has 0 saturated heterocycles. The number of nitrogens with zero attached hydrogens (tertiary/aromatic N) is 1. The average molecular weight is 267 g/mol. The molecule has 0 spiro atoms. The molecule has 14 heavy (non-hydrogen) atoms. The Labute approximate surface area is 93.1 Å². The van der Waals surface area contributed by atoms with Crippen LogP contribution in [-0.4, -0.2) is 9.97 Å². The van der Waals surface area contributed by atoms with E-state index in [4.69, 9.17) is 0 Å². The minimum atomic E-state index is 1.01. The minimum Gasteiger partial charge on any atom is -0.352 e. The molecular weight excluding hydrogens is 260 g/mol. The second-order valence-electron chi connectivity index (χ2n) is 3.30. The van der Waals surface area contributed by atoms with E-state index < -0.39 is 0 Å². The molecule has 0 bridgehead atoms. The summed E-state index contributed by atoms with van der Waals surface area (Å²) in [5.74, 6) is 0. The van der Waals surface area contributed by atoms with Gasteiger partial charge in [-0.1, -0.05) is 0 Å². The largest absolute Gasteiger partial charge is 0.352 e. The van der Waals surface area contributed by atoms with Crippen LogP contribution in [0.25, 0.3) is 21.3 Å². The molecule has 0 fully saturated rings. The summed E-state index contributed by atoms with van der Waals surface area (Å²) in [6.07, 6.45) is 1.84. The first-order chi connectivity index (χ1) is 6.75. The monoisotopic (exact) mass is 266 g/mol. The van der Waals surface area contributed by atoms with Gasteiger partial charge >= 0.3 is 0 Å². The number of halogens is 1. The van der Waals surface area contributed by atoms with Crippen molar-refractivity contribution in [1.29, 1.82) is 0 Å². The van der Waals surface area contributed by atoms with E-state index in [-0.39, 0.29) is 0 Å². The topological polar surface area (TPSA) is 28.7 Å². The highest BCUT2D eigenvalue weighted by atomic mass is 79.9. The van der Waals surface area contributed by atoms with Crippen LogP contribution in [0.15, 0.2) is 22.1 Å². The first kappa shape index (κ1) is 8.44. The third-order valence-corrected chi connectivity index (χ3v) is 3.84. The van der Waals surface area contributed by atoms with Crippen LogP contribution in [0.4, 0.5) is 0 Å². The Morgan fingerprint density at radius 3 is 3.21 bits per heavy atom. The lowest BCUT2D eigenvalue weighted by molar-refractivity contribution is 1.39. The highest BCUT2D eigenvalue weighted by Crippen LogP contribution is 2.32. The van der Waals surface area contributed by atoms with Crippen LogP contribution in [0, 0.1) is 6.92 Å². The number of H-pyrrole nitrogens is 1. The van der Waals surface area contributed by atoms with Crippen LogP contribution < -0.4 is 0 Å². The molecule has 3 aromatic heterocycles. The fourth-order valence-electron chi connectivity index (χ4n) is 1.62. The molecule has 2 nitrogen and oxygen atoms in total. The van der Waals surface area contributed by atoms with Crippen LogP contribution in [0.2, 0.25) is 0 Å². The van der Waals surface area contributed by atoms with Crippen molar-refractivity contribution in [3.05, 3.63) is 27.7 Å².